The van der Waals surface area contributed by atoms with E-state index in [1.54, 1.807) is 11.3 Å². The summed E-state index contributed by atoms with van der Waals surface area (Å²) in [4.78, 5) is 13.8. The largest absolute Gasteiger partial charge is 0.490 e. The molecule has 182 valence electrons. The van der Waals surface area contributed by atoms with Crippen molar-refractivity contribution in [2.45, 2.75) is 31.7 Å². The standard InChI is InChI=1S/C24H22N2OS.C2HF3O2/c1-2-7-17(8-3-1)15-27-23-13-12-19(18-9-4-5-10-20(18)23)22-16-28-24(26-22)21-11-6-14-25-21;3-2(4,5)1(6)7/h1-5,7-10,12-13,16,21,25H,6,11,14-15H2;(H,6,7)/t21-;/m0./s1. The van der Waals surface area contributed by atoms with E-state index in [-0.39, 0.29) is 0 Å². The molecule has 0 unspecified atom stereocenters. The van der Waals surface area contributed by atoms with E-state index in [9.17, 15) is 13.2 Å². The van der Waals surface area contributed by atoms with Gasteiger partial charge in [-0.05, 0) is 42.5 Å². The molecule has 0 saturated carbocycles. The van der Waals surface area contributed by atoms with Crippen LogP contribution >= 0.6 is 11.3 Å². The zero-order valence-corrected chi connectivity index (χ0v) is 19.4. The highest BCUT2D eigenvalue weighted by Gasteiger charge is 2.38. The topological polar surface area (TPSA) is 71.5 Å². The van der Waals surface area contributed by atoms with Gasteiger partial charge in [0.25, 0.3) is 0 Å². The second-order valence-corrected chi connectivity index (χ2v) is 8.84. The Kier molecular flexibility index (Phi) is 7.67. The number of hydrogen-bond donors (Lipinski definition) is 2. The maximum Gasteiger partial charge on any atom is 0.490 e. The van der Waals surface area contributed by atoms with Gasteiger partial charge in [-0.15, -0.1) is 11.3 Å². The molecular formula is C26H23F3N2O3S. The van der Waals surface area contributed by atoms with Crippen LogP contribution < -0.4 is 10.1 Å². The number of carboxylic acids is 1. The van der Waals surface area contributed by atoms with Crippen LogP contribution in [0, 0.1) is 0 Å². The monoisotopic (exact) mass is 500 g/mol. The van der Waals surface area contributed by atoms with Crippen molar-refractivity contribution in [2.75, 3.05) is 6.54 Å². The number of hydrogen-bond acceptors (Lipinski definition) is 5. The van der Waals surface area contributed by atoms with Crippen LogP contribution in [0.2, 0.25) is 0 Å². The number of aliphatic carboxylic acids is 1. The Labute approximate surface area is 204 Å². The molecular weight excluding hydrogens is 477 g/mol. The minimum Gasteiger partial charge on any atom is -0.488 e. The van der Waals surface area contributed by atoms with Gasteiger partial charge in [0.1, 0.15) is 17.4 Å². The van der Waals surface area contributed by atoms with E-state index >= 15 is 0 Å². The molecule has 1 atom stereocenters. The zero-order valence-electron chi connectivity index (χ0n) is 18.6. The summed E-state index contributed by atoms with van der Waals surface area (Å²) < 4.78 is 37.9. The Morgan fingerprint density at radius 2 is 1.74 bits per heavy atom. The molecule has 1 aliphatic rings. The lowest BCUT2D eigenvalue weighted by atomic mass is 10.0. The average Bonchev–Trinajstić information content (AvgIpc) is 3.55. The second-order valence-electron chi connectivity index (χ2n) is 7.95. The van der Waals surface area contributed by atoms with Gasteiger partial charge in [0.15, 0.2) is 0 Å². The van der Waals surface area contributed by atoms with Crippen LogP contribution in [-0.4, -0.2) is 28.8 Å². The van der Waals surface area contributed by atoms with Crippen LogP contribution in [-0.2, 0) is 11.4 Å². The van der Waals surface area contributed by atoms with Gasteiger partial charge in [-0.25, -0.2) is 9.78 Å². The third-order valence-corrected chi connectivity index (χ3v) is 6.48. The Morgan fingerprint density at radius 3 is 2.40 bits per heavy atom. The highest BCUT2D eigenvalue weighted by molar-refractivity contribution is 7.10. The van der Waals surface area contributed by atoms with Crippen LogP contribution in [0.1, 0.15) is 29.5 Å². The number of rotatable bonds is 5. The Morgan fingerprint density at radius 1 is 1.06 bits per heavy atom. The normalized spacial score (nSPS) is 15.5. The molecule has 0 aliphatic carbocycles. The van der Waals surface area contributed by atoms with Gasteiger partial charge in [0.05, 0.1) is 11.7 Å². The highest BCUT2D eigenvalue weighted by Crippen LogP contribution is 2.36. The van der Waals surface area contributed by atoms with Crippen molar-refractivity contribution in [2.24, 2.45) is 0 Å². The summed E-state index contributed by atoms with van der Waals surface area (Å²) in [5.41, 5.74) is 3.39. The quantitative estimate of drug-likeness (QED) is 0.323. The van der Waals surface area contributed by atoms with E-state index in [0.29, 0.717) is 12.6 Å². The van der Waals surface area contributed by atoms with Crippen molar-refractivity contribution in [3.8, 4) is 17.0 Å². The zero-order chi connectivity index (χ0) is 24.8. The molecule has 1 aromatic heterocycles. The number of alkyl halides is 3. The van der Waals surface area contributed by atoms with Crippen molar-refractivity contribution in [1.29, 1.82) is 0 Å². The van der Waals surface area contributed by atoms with Crippen LogP contribution in [0.4, 0.5) is 13.2 Å². The number of carboxylic acid groups (broad SMARTS) is 1. The Balaban J connectivity index is 0.000000364. The fourth-order valence-corrected chi connectivity index (χ4v) is 4.75. The molecule has 4 aromatic rings. The number of benzene rings is 3. The first-order chi connectivity index (χ1) is 16.8. The first-order valence-electron chi connectivity index (χ1n) is 11.0. The van der Waals surface area contributed by atoms with E-state index in [2.05, 4.69) is 59.2 Å². The molecule has 35 heavy (non-hydrogen) atoms. The molecule has 0 radical (unpaired) electrons. The van der Waals surface area contributed by atoms with Crippen LogP contribution in [0.3, 0.4) is 0 Å². The first-order valence-corrected chi connectivity index (χ1v) is 11.9. The van der Waals surface area contributed by atoms with Crippen molar-refractivity contribution >= 4 is 28.1 Å². The van der Waals surface area contributed by atoms with Crippen molar-refractivity contribution in [1.82, 2.24) is 10.3 Å². The molecule has 0 bridgehead atoms. The SMILES string of the molecule is O=C(O)C(F)(F)F.c1ccc(COc2ccc(-c3csc([C@@H]4CCCN4)n3)c3ccccc23)cc1. The van der Waals surface area contributed by atoms with Crippen molar-refractivity contribution < 1.29 is 27.8 Å². The minimum absolute atomic E-state index is 0.415. The number of nitrogens with zero attached hydrogens (tertiary/aromatic N) is 1. The lowest BCUT2D eigenvalue weighted by Gasteiger charge is -2.12. The maximum absolute atomic E-state index is 10.6. The van der Waals surface area contributed by atoms with E-state index < -0.39 is 12.1 Å². The molecule has 3 aromatic carbocycles. The average molecular weight is 501 g/mol. The van der Waals surface area contributed by atoms with Crippen LogP contribution in [0.25, 0.3) is 22.0 Å². The number of fused-ring (bicyclic) bond motifs is 1. The number of thiazole rings is 1. The second kappa shape index (κ2) is 10.9. The van der Waals surface area contributed by atoms with Crippen molar-refractivity contribution in [3.05, 3.63) is 82.7 Å². The van der Waals surface area contributed by atoms with Gasteiger partial charge in [0.2, 0.25) is 0 Å². The summed E-state index contributed by atoms with van der Waals surface area (Å²) in [6.45, 7) is 1.66. The fourth-order valence-electron chi connectivity index (χ4n) is 3.82. The van der Waals surface area contributed by atoms with E-state index in [1.165, 1.54) is 34.4 Å². The third kappa shape index (κ3) is 6.17. The van der Waals surface area contributed by atoms with Gasteiger partial charge in [0, 0.05) is 16.3 Å². The summed E-state index contributed by atoms with van der Waals surface area (Å²) in [5, 5.41) is 16.4. The number of halogens is 3. The molecule has 0 spiro atoms. The summed E-state index contributed by atoms with van der Waals surface area (Å²) in [7, 11) is 0. The van der Waals surface area contributed by atoms with Crippen molar-refractivity contribution in [3.63, 3.8) is 0 Å². The summed E-state index contributed by atoms with van der Waals surface area (Å²) >= 11 is 1.76. The smallest absolute Gasteiger partial charge is 0.488 e. The van der Waals surface area contributed by atoms with Crippen LogP contribution in [0.15, 0.2) is 72.1 Å². The maximum atomic E-state index is 10.6. The molecule has 5 rings (SSSR count). The molecule has 1 saturated heterocycles. The fraction of sp³-hybridized carbons (Fsp3) is 0.231. The van der Waals surface area contributed by atoms with E-state index in [1.807, 2.05) is 18.2 Å². The number of ether oxygens (including phenoxy) is 1. The molecule has 1 aliphatic heterocycles. The molecule has 2 N–H and O–H groups in total. The van der Waals surface area contributed by atoms with Gasteiger partial charge < -0.3 is 15.2 Å². The molecule has 9 heteroatoms. The number of aromatic nitrogens is 1. The van der Waals surface area contributed by atoms with Gasteiger partial charge >= 0.3 is 12.1 Å². The molecule has 2 heterocycles. The molecule has 0 amide bonds. The van der Waals surface area contributed by atoms with Gasteiger partial charge in [-0.1, -0.05) is 54.6 Å². The third-order valence-electron chi connectivity index (χ3n) is 5.52. The molecule has 5 nitrogen and oxygen atoms in total. The predicted octanol–water partition coefficient (Wildman–Crippen LogP) is 6.60. The lowest BCUT2D eigenvalue weighted by Crippen LogP contribution is -2.21. The van der Waals surface area contributed by atoms with E-state index in [0.717, 1.165) is 23.4 Å². The Hall–Kier alpha value is -3.43. The molecule has 1 fully saturated rings. The number of nitrogens with one attached hydrogen (secondary N) is 1. The minimum atomic E-state index is -5.08. The van der Waals surface area contributed by atoms with Crippen LogP contribution in [0.5, 0.6) is 5.75 Å². The summed E-state index contributed by atoms with van der Waals surface area (Å²) in [6.07, 6.45) is -2.67. The summed E-state index contributed by atoms with van der Waals surface area (Å²) in [5.74, 6) is -1.84. The number of carbonyl (C=O) groups is 1. The Bertz CT molecular complexity index is 1290. The first kappa shape index (κ1) is 24.7. The van der Waals surface area contributed by atoms with E-state index in [4.69, 9.17) is 19.6 Å². The van der Waals surface area contributed by atoms with Gasteiger partial charge in [-0.3, -0.25) is 0 Å². The van der Waals surface area contributed by atoms with Gasteiger partial charge in [-0.2, -0.15) is 13.2 Å². The predicted molar refractivity (Wildman–Crippen MR) is 129 cm³/mol. The summed E-state index contributed by atoms with van der Waals surface area (Å²) in [6, 6.07) is 23.4. The lowest BCUT2D eigenvalue weighted by molar-refractivity contribution is -0.192. The highest BCUT2D eigenvalue weighted by atomic mass is 32.1.